The Morgan fingerprint density at radius 3 is 2.41 bits per heavy atom. The van der Waals surface area contributed by atoms with Crippen molar-refractivity contribution in [3.63, 3.8) is 0 Å². The van der Waals surface area contributed by atoms with Crippen LogP contribution in [0.1, 0.15) is 52.9 Å². The smallest absolute Gasteiger partial charge is 0.136 e. The van der Waals surface area contributed by atoms with E-state index in [4.69, 9.17) is 5.11 Å². The molecular formula is C14H24O3. The van der Waals surface area contributed by atoms with Crippen molar-refractivity contribution in [2.75, 3.05) is 6.61 Å². The van der Waals surface area contributed by atoms with Crippen molar-refractivity contribution >= 4 is 11.6 Å². The summed E-state index contributed by atoms with van der Waals surface area (Å²) in [5.41, 5.74) is 0.189. The summed E-state index contributed by atoms with van der Waals surface area (Å²) in [6, 6.07) is 0. The van der Waals surface area contributed by atoms with Gasteiger partial charge in [0.2, 0.25) is 0 Å². The summed E-state index contributed by atoms with van der Waals surface area (Å²) in [4.78, 5) is 23.0. The predicted molar refractivity (Wildman–Crippen MR) is 66.6 cm³/mol. The highest BCUT2D eigenvalue weighted by Crippen LogP contribution is 2.53. The lowest BCUT2D eigenvalue weighted by Crippen LogP contribution is -2.47. The molecule has 98 valence electrons. The molecule has 17 heavy (non-hydrogen) atoms. The number of aliphatic hydroxyl groups is 1. The molecule has 0 radical (unpaired) electrons. The molecule has 0 unspecified atom stereocenters. The van der Waals surface area contributed by atoms with E-state index in [0.29, 0.717) is 25.2 Å². The Morgan fingerprint density at radius 2 is 1.94 bits per heavy atom. The van der Waals surface area contributed by atoms with Crippen molar-refractivity contribution < 1.29 is 14.7 Å². The highest BCUT2D eigenvalue weighted by atomic mass is 16.3. The molecule has 0 amide bonds. The zero-order chi connectivity index (χ0) is 13.1. The minimum absolute atomic E-state index is 0.0833. The summed E-state index contributed by atoms with van der Waals surface area (Å²) in [6.07, 6.45) is 3.39. The van der Waals surface area contributed by atoms with E-state index in [1.54, 1.807) is 6.92 Å². The Balaban J connectivity index is 2.50. The summed E-state index contributed by atoms with van der Waals surface area (Å²) < 4.78 is 0. The summed E-state index contributed by atoms with van der Waals surface area (Å²) in [5, 5.41) is 8.74. The Labute approximate surface area is 104 Å². The van der Waals surface area contributed by atoms with Crippen molar-refractivity contribution in [1.29, 1.82) is 0 Å². The molecule has 0 saturated heterocycles. The van der Waals surface area contributed by atoms with E-state index in [9.17, 15) is 9.59 Å². The number of carbonyl (C=O) groups is 2. The number of rotatable bonds is 7. The molecule has 3 nitrogen and oxygen atoms in total. The number of hydrogen-bond acceptors (Lipinski definition) is 3. The zero-order valence-electron chi connectivity index (χ0n) is 11.2. The second-order valence-corrected chi connectivity index (χ2v) is 5.94. The van der Waals surface area contributed by atoms with Gasteiger partial charge < -0.3 is 9.90 Å². The Kier molecular flexibility index (Phi) is 4.87. The number of hydrogen-bond donors (Lipinski definition) is 1. The van der Waals surface area contributed by atoms with E-state index in [1.165, 1.54) is 0 Å². The summed E-state index contributed by atoms with van der Waals surface area (Å²) in [5.74, 6) is 0.940. The van der Waals surface area contributed by atoms with Crippen LogP contribution in [-0.4, -0.2) is 23.3 Å². The molecule has 0 aromatic heterocycles. The third-order valence-electron chi connectivity index (χ3n) is 4.04. The molecule has 0 aromatic rings. The zero-order valence-corrected chi connectivity index (χ0v) is 11.2. The molecule has 2 atom stereocenters. The van der Waals surface area contributed by atoms with Gasteiger partial charge in [0, 0.05) is 25.4 Å². The lowest BCUT2D eigenvalue weighted by Gasteiger charge is -2.51. The SMILES string of the molecule is CC(=O)CC[C@@H]1[C@@H](C(=O)CCCO)CC1(C)C. The fraction of sp³-hybridized carbons (Fsp3) is 0.857. The molecule has 1 rings (SSSR count). The van der Waals surface area contributed by atoms with E-state index in [2.05, 4.69) is 13.8 Å². The van der Waals surface area contributed by atoms with Gasteiger partial charge in [0.25, 0.3) is 0 Å². The minimum atomic E-state index is 0.0833. The molecule has 0 aromatic carbocycles. The summed E-state index contributed by atoms with van der Waals surface area (Å²) >= 11 is 0. The first-order chi connectivity index (χ1) is 7.88. The van der Waals surface area contributed by atoms with E-state index < -0.39 is 0 Å². The second kappa shape index (κ2) is 5.76. The molecule has 0 bridgehead atoms. The van der Waals surface area contributed by atoms with Crippen LogP contribution >= 0.6 is 0 Å². The largest absolute Gasteiger partial charge is 0.396 e. The third-order valence-corrected chi connectivity index (χ3v) is 4.04. The maximum absolute atomic E-state index is 11.9. The van der Waals surface area contributed by atoms with Crippen LogP contribution in [-0.2, 0) is 9.59 Å². The lowest BCUT2D eigenvalue weighted by atomic mass is 9.53. The Hall–Kier alpha value is -0.700. The first-order valence-electron chi connectivity index (χ1n) is 6.51. The van der Waals surface area contributed by atoms with Gasteiger partial charge in [-0.15, -0.1) is 0 Å². The molecule has 1 N–H and O–H groups in total. The Bertz CT molecular complexity index is 294. The van der Waals surface area contributed by atoms with Crippen molar-refractivity contribution in [3.8, 4) is 0 Å². The number of aliphatic hydroxyl groups excluding tert-OH is 1. The average Bonchev–Trinajstić information content (AvgIpc) is 2.22. The van der Waals surface area contributed by atoms with Crippen LogP contribution in [0.3, 0.4) is 0 Å². The average molecular weight is 240 g/mol. The van der Waals surface area contributed by atoms with Gasteiger partial charge in [0.05, 0.1) is 0 Å². The molecule has 1 saturated carbocycles. The van der Waals surface area contributed by atoms with Gasteiger partial charge in [-0.3, -0.25) is 4.79 Å². The second-order valence-electron chi connectivity index (χ2n) is 5.94. The fourth-order valence-electron chi connectivity index (χ4n) is 2.97. The third kappa shape index (κ3) is 3.63. The van der Waals surface area contributed by atoms with E-state index in [0.717, 1.165) is 12.8 Å². The highest BCUT2D eigenvalue weighted by Gasteiger charge is 2.49. The van der Waals surface area contributed by atoms with Gasteiger partial charge in [-0.05, 0) is 37.5 Å². The van der Waals surface area contributed by atoms with Crippen molar-refractivity contribution in [2.45, 2.75) is 52.9 Å². The predicted octanol–water partition coefficient (Wildman–Crippen LogP) is 2.36. The topological polar surface area (TPSA) is 54.4 Å². The molecule has 1 aliphatic rings. The normalized spacial score (nSPS) is 26.4. The minimum Gasteiger partial charge on any atom is -0.396 e. The van der Waals surface area contributed by atoms with Gasteiger partial charge >= 0.3 is 0 Å². The van der Waals surface area contributed by atoms with Crippen LogP contribution in [0.4, 0.5) is 0 Å². The highest BCUT2D eigenvalue weighted by molar-refractivity contribution is 5.82. The first-order valence-corrected chi connectivity index (χ1v) is 6.51. The molecule has 0 aliphatic heterocycles. The molecule has 0 heterocycles. The van der Waals surface area contributed by atoms with E-state index in [1.807, 2.05) is 0 Å². The van der Waals surface area contributed by atoms with Crippen LogP contribution in [0, 0.1) is 17.3 Å². The molecule has 1 aliphatic carbocycles. The number of ketones is 2. The van der Waals surface area contributed by atoms with Crippen LogP contribution in [0.25, 0.3) is 0 Å². The Morgan fingerprint density at radius 1 is 1.29 bits per heavy atom. The van der Waals surface area contributed by atoms with Gasteiger partial charge in [-0.2, -0.15) is 0 Å². The summed E-state index contributed by atoms with van der Waals surface area (Å²) in [6.45, 7) is 6.04. The van der Waals surface area contributed by atoms with Crippen molar-refractivity contribution in [2.24, 2.45) is 17.3 Å². The monoisotopic (exact) mass is 240 g/mol. The first kappa shape index (κ1) is 14.4. The maximum Gasteiger partial charge on any atom is 0.136 e. The summed E-state index contributed by atoms with van der Waals surface area (Å²) in [7, 11) is 0. The van der Waals surface area contributed by atoms with Crippen molar-refractivity contribution in [3.05, 3.63) is 0 Å². The van der Waals surface area contributed by atoms with Crippen molar-refractivity contribution in [1.82, 2.24) is 0 Å². The molecule has 0 spiro atoms. The molecule has 1 fully saturated rings. The van der Waals surface area contributed by atoms with Gasteiger partial charge in [-0.25, -0.2) is 0 Å². The number of Topliss-reactive ketones (excluding diaryl/α,β-unsaturated/α-hetero) is 2. The molecular weight excluding hydrogens is 216 g/mol. The van der Waals surface area contributed by atoms with Gasteiger partial charge in [-0.1, -0.05) is 13.8 Å². The lowest BCUT2D eigenvalue weighted by molar-refractivity contribution is -0.138. The fourth-order valence-corrected chi connectivity index (χ4v) is 2.97. The quantitative estimate of drug-likeness (QED) is 0.743. The van der Waals surface area contributed by atoms with Crippen LogP contribution < -0.4 is 0 Å². The van der Waals surface area contributed by atoms with Crippen LogP contribution in [0.2, 0.25) is 0 Å². The van der Waals surface area contributed by atoms with E-state index >= 15 is 0 Å². The molecule has 3 heteroatoms. The standard InChI is InChI=1S/C14H24O3/c1-10(16)6-7-12-11(9-14(12,2)3)13(17)5-4-8-15/h11-12,15H,4-9H2,1-3H3/t11-,12+/m0/s1. The van der Waals surface area contributed by atoms with E-state index in [-0.39, 0.29) is 29.5 Å². The maximum atomic E-state index is 11.9. The van der Waals surface area contributed by atoms with Crippen LogP contribution in [0.5, 0.6) is 0 Å². The van der Waals surface area contributed by atoms with Crippen LogP contribution in [0.15, 0.2) is 0 Å². The van der Waals surface area contributed by atoms with Gasteiger partial charge in [0.1, 0.15) is 11.6 Å². The van der Waals surface area contributed by atoms with Gasteiger partial charge in [0.15, 0.2) is 0 Å². The number of carbonyl (C=O) groups excluding carboxylic acids is 2.